The first-order valence-corrected chi connectivity index (χ1v) is 8.07. The van der Waals surface area contributed by atoms with Gasteiger partial charge in [-0.1, -0.05) is 36.4 Å². The minimum Gasteiger partial charge on any atom is -0.322 e. The lowest BCUT2D eigenvalue weighted by Crippen LogP contribution is -2.29. The first-order chi connectivity index (χ1) is 12.6. The molecule has 0 aliphatic heterocycles. The Morgan fingerprint density at radius 3 is 2.54 bits per heavy atom. The highest BCUT2D eigenvalue weighted by Gasteiger charge is 2.12. The zero-order chi connectivity index (χ0) is 18.4. The average Bonchev–Trinajstić information content (AvgIpc) is 3.17. The normalized spacial score (nSPS) is 11.0. The zero-order valence-electron chi connectivity index (χ0n) is 14.2. The van der Waals surface area contributed by atoms with E-state index in [9.17, 15) is 9.59 Å². The predicted octanol–water partition coefficient (Wildman–Crippen LogP) is 2.99. The van der Waals surface area contributed by atoms with Gasteiger partial charge in [0.05, 0.1) is 5.69 Å². The summed E-state index contributed by atoms with van der Waals surface area (Å²) in [5.41, 5.74) is 2.41. The third kappa shape index (κ3) is 4.45. The maximum absolute atomic E-state index is 12.6. The number of rotatable bonds is 5. The Morgan fingerprint density at radius 2 is 1.85 bits per heavy atom. The Morgan fingerprint density at radius 1 is 1.04 bits per heavy atom. The molecule has 0 aliphatic rings. The van der Waals surface area contributed by atoms with Crippen LogP contribution in [-0.2, 0) is 9.59 Å². The van der Waals surface area contributed by atoms with Gasteiger partial charge in [0.15, 0.2) is 0 Å². The fourth-order valence-corrected chi connectivity index (χ4v) is 2.41. The maximum atomic E-state index is 12.6. The van der Waals surface area contributed by atoms with Crippen molar-refractivity contribution in [3.63, 3.8) is 0 Å². The number of benzene rings is 2. The molecule has 130 valence electrons. The van der Waals surface area contributed by atoms with E-state index in [4.69, 9.17) is 0 Å². The highest BCUT2D eigenvalue weighted by Crippen LogP contribution is 2.15. The molecule has 1 heterocycles. The quantitative estimate of drug-likeness (QED) is 0.697. The van der Waals surface area contributed by atoms with Crippen LogP contribution in [0.3, 0.4) is 0 Å². The third-order valence-corrected chi connectivity index (χ3v) is 3.54. The average molecular weight is 346 g/mol. The van der Waals surface area contributed by atoms with E-state index in [-0.39, 0.29) is 11.6 Å². The second-order valence-electron chi connectivity index (χ2n) is 5.60. The topological polar surface area (TPSA) is 76.0 Å². The first kappa shape index (κ1) is 17.2. The Bertz CT molecular complexity index is 931. The van der Waals surface area contributed by atoms with E-state index in [1.165, 1.54) is 6.92 Å². The number of aromatic nitrogens is 2. The summed E-state index contributed by atoms with van der Waals surface area (Å²) in [5.74, 6) is -0.714. The van der Waals surface area contributed by atoms with E-state index in [2.05, 4.69) is 15.7 Å². The number of nitrogens with zero attached hydrogens (tertiary/aromatic N) is 2. The highest BCUT2D eigenvalue weighted by atomic mass is 16.2. The third-order valence-electron chi connectivity index (χ3n) is 3.54. The summed E-state index contributed by atoms with van der Waals surface area (Å²) in [4.78, 5) is 24.1. The molecule has 0 spiro atoms. The van der Waals surface area contributed by atoms with E-state index < -0.39 is 5.91 Å². The van der Waals surface area contributed by atoms with Gasteiger partial charge in [-0.15, -0.1) is 0 Å². The molecule has 0 aliphatic carbocycles. The fraction of sp³-hybridized carbons (Fsp3) is 0.0500. The summed E-state index contributed by atoms with van der Waals surface area (Å²) >= 11 is 0. The van der Waals surface area contributed by atoms with Gasteiger partial charge in [-0.3, -0.25) is 9.59 Å². The summed E-state index contributed by atoms with van der Waals surface area (Å²) in [5, 5.41) is 9.56. The van der Waals surface area contributed by atoms with Crippen molar-refractivity contribution in [1.29, 1.82) is 0 Å². The zero-order valence-corrected chi connectivity index (χ0v) is 14.2. The van der Waals surface area contributed by atoms with Crippen molar-refractivity contribution in [3.05, 3.63) is 84.3 Å². The van der Waals surface area contributed by atoms with Gasteiger partial charge in [0.1, 0.15) is 5.70 Å². The summed E-state index contributed by atoms with van der Waals surface area (Å²) in [6.07, 6.45) is 5.13. The van der Waals surface area contributed by atoms with E-state index in [1.54, 1.807) is 29.1 Å². The summed E-state index contributed by atoms with van der Waals surface area (Å²) in [6.45, 7) is 1.37. The molecule has 2 N–H and O–H groups in total. The summed E-state index contributed by atoms with van der Waals surface area (Å²) in [6, 6.07) is 18.4. The first-order valence-electron chi connectivity index (χ1n) is 8.07. The van der Waals surface area contributed by atoms with Crippen LogP contribution in [0.5, 0.6) is 0 Å². The second kappa shape index (κ2) is 7.94. The van der Waals surface area contributed by atoms with Crippen LogP contribution in [0.2, 0.25) is 0 Å². The Balaban J connectivity index is 1.83. The van der Waals surface area contributed by atoms with E-state index >= 15 is 0 Å². The van der Waals surface area contributed by atoms with Crippen molar-refractivity contribution in [2.24, 2.45) is 0 Å². The fourth-order valence-electron chi connectivity index (χ4n) is 2.41. The molecule has 6 nitrogen and oxygen atoms in total. The standard InChI is InChI=1S/C20H18N4O2/c1-15(25)22-19(13-16-7-3-2-4-8-16)20(26)23-17-9-5-10-18(14-17)24-12-6-11-21-24/h2-14H,1H3,(H,22,25)(H,23,26). The molecule has 0 atom stereocenters. The van der Waals surface area contributed by atoms with Gasteiger partial charge >= 0.3 is 0 Å². The Labute approximate surface area is 151 Å². The molecular formula is C20H18N4O2. The molecule has 0 unspecified atom stereocenters. The molecule has 6 heteroatoms. The van der Waals surface area contributed by atoms with Crippen molar-refractivity contribution >= 4 is 23.6 Å². The molecule has 2 aromatic carbocycles. The number of amides is 2. The lowest BCUT2D eigenvalue weighted by atomic mass is 10.2. The lowest BCUT2D eigenvalue weighted by molar-refractivity contribution is -0.120. The van der Waals surface area contributed by atoms with Gasteiger partial charge in [0.25, 0.3) is 5.91 Å². The SMILES string of the molecule is CC(=O)NC(=Cc1ccccc1)C(=O)Nc1cccc(-n2cccn2)c1. The molecule has 0 saturated heterocycles. The van der Waals surface area contributed by atoms with Crippen LogP contribution in [0, 0.1) is 0 Å². The number of nitrogens with one attached hydrogen (secondary N) is 2. The molecule has 0 bridgehead atoms. The number of hydrogen-bond donors (Lipinski definition) is 2. The van der Waals surface area contributed by atoms with Crippen molar-refractivity contribution < 1.29 is 9.59 Å². The van der Waals surface area contributed by atoms with Crippen LogP contribution in [0.15, 0.2) is 78.8 Å². The van der Waals surface area contributed by atoms with Crippen LogP contribution < -0.4 is 10.6 Å². The van der Waals surface area contributed by atoms with Crippen LogP contribution in [0.25, 0.3) is 11.8 Å². The van der Waals surface area contributed by atoms with Crippen LogP contribution in [0.1, 0.15) is 12.5 Å². The molecule has 1 aromatic heterocycles. The van der Waals surface area contributed by atoms with Gasteiger partial charge in [-0.25, -0.2) is 4.68 Å². The number of carbonyl (C=O) groups is 2. The molecule has 2 amide bonds. The molecular weight excluding hydrogens is 328 g/mol. The minimum absolute atomic E-state index is 0.174. The monoisotopic (exact) mass is 346 g/mol. The van der Waals surface area contributed by atoms with Crippen LogP contribution in [0.4, 0.5) is 5.69 Å². The van der Waals surface area contributed by atoms with Gasteiger partial charge in [-0.05, 0) is 35.9 Å². The molecule has 3 aromatic rings. The van der Waals surface area contributed by atoms with E-state index in [0.29, 0.717) is 5.69 Å². The molecule has 0 saturated carbocycles. The number of anilines is 1. The predicted molar refractivity (Wildman–Crippen MR) is 100 cm³/mol. The van der Waals surface area contributed by atoms with Crippen molar-refractivity contribution in [3.8, 4) is 5.69 Å². The smallest absolute Gasteiger partial charge is 0.272 e. The molecule has 0 radical (unpaired) electrons. The number of carbonyl (C=O) groups excluding carboxylic acids is 2. The number of hydrogen-bond acceptors (Lipinski definition) is 3. The van der Waals surface area contributed by atoms with Gasteiger partial charge in [0.2, 0.25) is 5.91 Å². The molecule has 3 rings (SSSR count). The van der Waals surface area contributed by atoms with Gasteiger partial charge < -0.3 is 10.6 Å². The summed E-state index contributed by atoms with van der Waals surface area (Å²) < 4.78 is 1.70. The van der Waals surface area contributed by atoms with Crippen LogP contribution in [-0.4, -0.2) is 21.6 Å². The maximum Gasteiger partial charge on any atom is 0.272 e. The molecule has 26 heavy (non-hydrogen) atoms. The molecule has 0 fully saturated rings. The second-order valence-corrected chi connectivity index (χ2v) is 5.60. The summed E-state index contributed by atoms with van der Waals surface area (Å²) in [7, 11) is 0. The van der Waals surface area contributed by atoms with E-state index in [0.717, 1.165) is 11.3 Å². The Hall–Kier alpha value is -3.67. The van der Waals surface area contributed by atoms with E-state index in [1.807, 2.05) is 54.7 Å². The van der Waals surface area contributed by atoms with Gasteiger partial charge in [0, 0.05) is 25.0 Å². The van der Waals surface area contributed by atoms with Gasteiger partial charge in [-0.2, -0.15) is 5.10 Å². The Kier molecular flexibility index (Phi) is 5.24. The van der Waals surface area contributed by atoms with Crippen molar-refractivity contribution in [2.45, 2.75) is 6.92 Å². The highest BCUT2D eigenvalue weighted by molar-refractivity contribution is 6.08. The van der Waals surface area contributed by atoms with Crippen molar-refractivity contribution in [2.75, 3.05) is 5.32 Å². The lowest BCUT2D eigenvalue weighted by Gasteiger charge is -2.11. The van der Waals surface area contributed by atoms with Crippen LogP contribution >= 0.6 is 0 Å². The minimum atomic E-state index is -0.401. The van der Waals surface area contributed by atoms with Crippen molar-refractivity contribution in [1.82, 2.24) is 15.1 Å². The largest absolute Gasteiger partial charge is 0.322 e.